The minimum Gasteiger partial charge on any atom is -0.454 e. The summed E-state index contributed by atoms with van der Waals surface area (Å²) in [6.07, 6.45) is 1.24. The van der Waals surface area contributed by atoms with E-state index in [1.54, 1.807) is 0 Å². The van der Waals surface area contributed by atoms with Crippen molar-refractivity contribution in [3.63, 3.8) is 0 Å². The molecule has 1 atom stereocenters. The van der Waals surface area contributed by atoms with E-state index in [9.17, 15) is 0 Å². The molecular weight excluding hydrogens is 252 g/mol. The van der Waals surface area contributed by atoms with Gasteiger partial charge in [-0.3, -0.25) is 9.80 Å². The predicted octanol–water partition coefficient (Wildman–Crippen LogP) is 2.33. The van der Waals surface area contributed by atoms with Crippen molar-refractivity contribution in [2.24, 2.45) is 0 Å². The smallest absolute Gasteiger partial charge is 0.231 e. The average molecular weight is 276 g/mol. The highest BCUT2D eigenvalue weighted by Gasteiger charge is 2.21. The maximum atomic E-state index is 5.44. The van der Waals surface area contributed by atoms with Crippen molar-refractivity contribution in [1.82, 2.24) is 9.80 Å². The number of ether oxygens (including phenoxy) is 2. The van der Waals surface area contributed by atoms with Gasteiger partial charge < -0.3 is 9.47 Å². The summed E-state index contributed by atoms with van der Waals surface area (Å²) in [7, 11) is 0. The molecule has 1 aromatic carbocycles. The van der Waals surface area contributed by atoms with Crippen LogP contribution in [0, 0.1) is 0 Å². The summed E-state index contributed by atoms with van der Waals surface area (Å²) in [6.45, 7) is 10.6. The van der Waals surface area contributed by atoms with Crippen LogP contribution in [-0.2, 0) is 6.54 Å². The van der Waals surface area contributed by atoms with Gasteiger partial charge in [-0.25, -0.2) is 0 Å². The lowest BCUT2D eigenvalue weighted by Crippen LogP contribution is -2.48. The van der Waals surface area contributed by atoms with Crippen molar-refractivity contribution >= 4 is 0 Å². The molecule has 2 aliphatic heterocycles. The quantitative estimate of drug-likeness (QED) is 0.842. The fraction of sp³-hybridized carbons (Fsp3) is 0.625. The Morgan fingerprint density at radius 2 is 1.85 bits per heavy atom. The second kappa shape index (κ2) is 6.02. The van der Waals surface area contributed by atoms with Gasteiger partial charge in [0.1, 0.15) is 0 Å². The van der Waals surface area contributed by atoms with Gasteiger partial charge >= 0.3 is 0 Å². The van der Waals surface area contributed by atoms with E-state index in [1.807, 2.05) is 6.07 Å². The van der Waals surface area contributed by atoms with Crippen LogP contribution in [0.25, 0.3) is 0 Å². The van der Waals surface area contributed by atoms with Crippen LogP contribution >= 0.6 is 0 Å². The second-order valence-electron chi connectivity index (χ2n) is 5.76. The number of hydrogen-bond donors (Lipinski definition) is 0. The highest BCUT2D eigenvalue weighted by molar-refractivity contribution is 5.44. The van der Waals surface area contributed by atoms with Crippen molar-refractivity contribution < 1.29 is 9.47 Å². The van der Waals surface area contributed by atoms with Crippen LogP contribution in [0.3, 0.4) is 0 Å². The third-order valence-corrected chi connectivity index (χ3v) is 4.46. The minimum atomic E-state index is 0.354. The molecule has 110 valence electrons. The Labute approximate surface area is 121 Å². The van der Waals surface area contributed by atoms with Gasteiger partial charge in [-0.05, 0) is 31.0 Å². The summed E-state index contributed by atoms with van der Waals surface area (Å²) in [5.74, 6) is 1.76. The monoisotopic (exact) mass is 276 g/mol. The molecule has 1 saturated heterocycles. The lowest BCUT2D eigenvalue weighted by molar-refractivity contribution is 0.0963. The second-order valence-corrected chi connectivity index (χ2v) is 5.76. The summed E-state index contributed by atoms with van der Waals surface area (Å²) < 4.78 is 10.8. The molecular formula is C16H24N2O2. The number of benzene rings is 1. The summed E-state index contributed by atoms with van der Waals surface area (Å²) in [5.41, 5.74) is 1.31. The normalized spacial score (nSPS) is 21.1. The van der Waals surface area contributed by atoms with E-state index in [1.165, 1.54) is 25.1 Å². The Hall–Kier alpha value is -1.26. The van der Waals surface area contributed by atoms with E-state index in [0.717, 1.165) is 31.1 Å². The van der Waals surface area contributed by atoms with Gasteiger partial charge in [0.2, 0.25) is 6.79 Å². The zero-order valence-electron chi connectivity index (χ0n) is 12.5. The molecule has 1 fully saturated rings. The highest BCUT2D eigenvalue weighted by Crippen LogP contribution is 2.32. The highest BCUT2D eigenvalue weighted by atomic mass is 16.7. The largest absolute Gasteiger partial charge is 0.454 e. The maximum absolute atomic E-state index is 5.44. The fourth-order valence-corrected chi connectivity index (χ4v) is 2.92. The first-order chi connectivity index (χ1) is 9.76. The molecule has 2 aliphatic rings. The molecule has 3 rings (SSSR count). The van der Waals surface area contributed by atoms with Crippen LogP contribution in [0.1, 0.15) is 25.8 Å². The van der Waals surface area contributed by atoms with Crippen LogP contribution in [-0.4, -0.2) is 48.8 Å². The Kier molecular flexibility index (Phi) is 4.13. The SMILES string of the molecule is CC[C@H](C)N1CCN(Cc2ccc3c(c2)OCO3)CC1. The number of rotatable bonds is 4. The molecule has 0 amide bonds. The third-order valence-electron chi connectivity index (χ3n) is 4.46. The van der Waals surface area contributed by atoms with Crippen molar-refractivity contribution in [1.29, 1.82) is 0 Å². The van der Waals surface area contributed by atoms with E-state index in [0.29, 0.717) is 12.8 Å². The van der Waals surface area contributed by atoms with Gasteiger partial charge in [0.15, 0.2) is 11.5 Å². The van der Waals surface area contributed by atoms with Crippen molar-refractivity contribution in [2.75, 3.05) is 33.0 Å². The summed E-state index contributed by atoms with van der Waals surface area (Å²) >= 11 is 0. The molecule has 1 aromatic rings. The maximum Gasteiger partial charge on any atom is 0.231 e. The molecule has 0 unspecified atom stereocenters. The minimum absolute atomic E-state index is 0.354. The predicted molar refractivity (Wildman–Crippen MR) is 79.2 cm³/mol. The molecule has 0 spiro atoms. The summed E-state index contributed by atoms with van der Waals surface area (Å²) in [6, 6.07) is 6.99. The van der Waals surface area contributed by atoms with E-state index >= 15 is 0 Å². The lowest BCUT2D eigenvalue weighted by Gasteiger charge is -2.37. The van der Waals surface area contributed by atoms with Crippen molar-refractivity contribution in [3.05, 3.63) is 23.8 Å². The first-order valence-corrected chi connectivity index (χ1v) is 7.61. The molecule has 0 bridgehead atoms. The van der Waals surface area contributed by atoms with Crippen molar-refractivity contribution in [2.45, 2.75) is 32.9 Å². The number of fused-ring (bicyclic) bond motifs is 1. The molecule has 20 heavy (non-hydrogen) atoms. The van der Waals surface area contributed by atoms with Gasteiger partial charge in [0, 0.05) is 38.8 Å². The van der Waals surface area contributed by atoms with Crippen LogP contribution in [0.15, 0.2) is 18.2 Å². The molecule has 4 nitrogen and oxygen atoms in total. The average Bonchev–Trinajstić information content (AvgIpc) is 2.95. The Bertz CT molecular complexity index is 456. The molecule has 4 heteroatoms. The fourth-order valence-electron chi connectivity index (χ4n) is 2.92. The number of piperazine rings is 1. The third kappa shape index (κ3) is 2.91. The van der Waals surface area contributed by atoms with Gasteiger partial charge in [0.25, 0.3) is 0 Å². The van der Waals surface area contributed by atoms with Crippen molar-refractivity contribution in [3.8, 4) is 11.5 Å². The Morgan fingerprint density at radius 3 is 2.60 bits per heavy atom. The molecule has 0 radical (unpaired) electrons. The van der Waals surface area contributed by atoms with Gasteiger partial charge in [-0.1, -0.05) is 13.0 Å². The molecule has 0 aliphatic carbocycles. The Morgan fingerprint density at radius 1 is 1.10 bits per heavy atom. The number of nitrogens with zero attached hydrogens (tertiary/aromatic N) is 2. The number of hydrogen-bond acceptors (Lipinski definition) is 4. The molecule has 2 heterocycles. The van der Waals surface area contributed by atoms with E-state index in [2.05, 4.69) is 35.8 Å². The zero-order chi connectivity index (χ0) is 13.9. The topological polar surface area (TPSA) is 24.9 Å². The Balaban J connectivity index is 1.55. The standard InChI is InChI=1S/C16H24N2O2/c1-3-13(2)18-8-6-17(7-9-18)11-14-4-5-15-16(10-14)20-12-19-15/h4-5,10,13H,3,6-9,11-12H2,1-2H3/t13-/m0/s1. The lowest BCUT2D eigenvalue weighted by atomic mass is 10.1. The molecule has 0 N–H and O–H groups in total. The first kappa shape index (κ1) is 13.7. The van der Waals surface area contributed by atoms with E-state index in [4.69, 9.17) is 9.47 Å². The van der Waals surface area contributed by atoms with Crippen LogP contribution in [0.4, 0.5) is 0 Å². The van der Waals surface area contributed by atoms with E-state index < -0.39 is 0 Å². The van der Waals surface area contributed by atoms with Crippen LogP contribution < -0.4 is 9.47 Å². The van der Waals surface area contributed by atoms with Gasteiger partial charge in [-0.15, -0.1) is 0 Å². The summed E-state index contributed by atoms with van der Waals surface area (Å²) in [5, 5.41) is 0. The first-order valence-electron chi connectivity index (χ1n) is 7.61. The van der Waals surface area contributed by atoms with E-state index in [-0.39, 0.29) is 0 Å². The van der Waals surface area contributed by atoms with Crippen LogP contribution in [0.2, 0.25) is 0 Å². The van der Waals surface area contributed by atoms with Gasteiger partial charge in [-0.2, -0.15) is 0 Å². The molecule has 0 aromatic heterocycles. The van der Waals surface area contributed by atoms with Gasteiger partial charge in [0.05, 0.1) is 0 Å². The summed E-state index contributed by atoms with van der Waals surface area (Å²) in [4.78, 5) is 5.12. The zero-order valence-corrected chi connectivity index (χ0v) is 12.5. The molecule has 0 saturated carbocycles. The van der Waals surface area contributed by atoms with Crippen LogP contribution in [0.5, 0.6) is 11.5 Å².